The van der Waals surface area contributed by atoms with Crippen molar-refractivity contribution >= 4 is 30.1 Å². The van der Waals surface area contributed by atoms with E-state index in [2.05, 4.69) is 10.6 Å². The quantitative estimate of drug-likeness (QED) is 0.796. The van der Waals surface area contributed by atoms with E-state index < -0.39 is 12.2 Å². The lowest BCUT2D eigenvalue weighted by molar-refractivity contribution is -0.184. The van der Waals surface area contributed by atoms with Crippen molar-refractivity contribution in [2.45, 2.75) is 25.1 Å². The zero-order valence-electron chi connectivity index (χ0n) is 12.3. The maximum atomic E-state index is 13.2. The molecule has 2 fully saturated rings. The molecule has 2 aliphatic heterocycles. The number of carbonyl (C=O) groups excluding carboxylic acids is 1. The van der Waals surface area contributed by atoms with Crippen LogP contribution in [0.25, 0.3) is 0 Å². The third-order valence-corrected chi connectivity index (χ3v) is 5.08. The average molecular weight is 362 g/mol. The molecule has 1 unspecified atom stereocenters. The highest BCUT2D eigenvalue weighted by molar-refractivity contribution is 7.99. The number of amides is 1. The fraction of sp³-hybridized carbons (Fsp3) is 0.923. The summed E-state index contributed by atoms with van der Waals surface area (Å²) in [6, 6.07) is -1.58. The Balaban J connectivity index is 0.00000242. The van der Waals surface area contributed by atoms with Gasteiger partial charge in [0.1, 0.15) is 6.04 Å². The molecule has 0 radical (unpaired) electrons. The van der Waals surface area contributed by atoms with Crippen molar-refractivity contribution in [2.75, 3.05) is 44.2 Å². The van der Waals surface area contributed by atoms with Crippen LogP contribution in [0.15, 0.2) is 0 Å². The summed E-state index contributed by atoms with van der Waals surface area (Å²) in [5.41, 5.74) is 0. The topological polar surface area (TPSA) is 44.4 Å². The smallest absolute Gasteiger partial charge is 0.354 e. The van der Waals surface area contributed by atoms with E-state index in [9.17, 15) is 18.0 Å². The standard InChI is InChI=1S/C13H22F3N3OS.ClH/c14-13(15,16)11(19-5-3-17-4-6-19)9-18-12(20)10-1-7-21-8-2-10;/h10-11,17H,1-9H2,(H,18,20);1H. The molecule has 22 heavy (non-hydrogen) atoms. The number of piperazine rings is 1. The number of alkyl halides is 3. The van der Waals surface area contributed by atoms with Crippen LogP contribution in [0.4, 0.5) is 13.2 Å². The molecule has 0 aromatic carbocycles. The van der Waals surface area contributed by atoms with Gasteiger partial charge in [0.25, 0.3) is 0 Å². The normalized spacial score (nSPS) is 22.7. The lowest BCUT2D eigenvalue weighted by Crippen LogP contribution is -2.57. The Labute approximate surface area is 139 Å². The van der Waals surface area contributed by atoms with E-state index in [0.29, 0.717) is 26.2 Å². The zero-order chi connectivity index (χ0) is 15.3. The molecule has 4 nitrogen and oxygen atoms in total. The van der Waals surface area contributed by atoms with Gasteiger partial charge in [-0.05, 0) is 24.3 Å². The molecule has 1 atom stereocenters. The van der Waals surface area contributed by atoms with Gasteiger partial charge >= 0.3 is 6.18 Å². The first kappa shape index (κ1) is 19.9. The van der Waals surface area contributed by atoms with Crippen molar-refractivity contribution in [3.63, 3.8) is 0 Å². The third kappa shape index (κ3) is 5.79. The summed E-state index contributed by atoms with van der Waals surface area (Å²) in [6.07, 6.45) is -2.78. The lowest BCUT2D eigenvalue weighted by Gasteiger charge is -2.36. The van der Waals surface area contributed by atoms with E-state index in [1.165, 1.54) is 4.90 Å². The Hall–Kier alpha value is -0.180. The minimum atomic E-state index is -4.31. The van der Waals surface area contributed by atoms with Gasteiger partial charge in [0.2, 0.25) is 5.91 Å². The van der Waals surface area contributed by atoms with Gasteiger partial charge in [0, 0.05) is 38.6 Å². The van der Waals surface area contributed by atoms with Crippen molar-refractivity contribution in [1.82, 2.24) is 15.5 Å². The monoisotopic (exact) mass is 361 g/mol. The molecule has 2 aliphatic rings. The number of nitrogens with zero attached hydrogens (tertiary/aromatic N) is 1. The maximum absolute atomic E-state index is 13.2. The summed E-state index contributed by atoms with van der Waals surface area (Å²) < 4.78 is 39.5. The molecule has 0 saturated carbocycles. The van der Waals surface area contributed by atoms with Gasteiger partial charge < -0.3 is 10.6 Å². The second kappa shape index (κ2) is 9.20. The fourth-order valence-corrected chi connectivity index (χ4v) is 3.85. The predicted molar refractivity (Wildman–Crippen MR) is 84.6 cm³/mol. The van der Waals surface area contributed by atoms with Crippen LogP contribution in [0.3, 0.4) is 0 Å². The van der Waals surface area contributed by atoms with Crippen molar-refractivity contribution in [2.24, 2.45) is 5.92 Å². The number of rotatable bonds is 4. The van der Waals surface area contributed by atoms with Gasteiger partial charge in [-0.2, -0.15) is 24.9 Å². The summed E-state index contributed by atoms with van der Waals surface area (Å²) >= 11 is 1.79. The molecule has 0 aliphatic carbocycles. The SMILES string of the molecule is Cl.O=C(NCC(N1CCNCC1)C(F)(F)F)C1CCSCC1. The van der Waals surface area contributed by atoms with E-state index in [4.69, 9.17) is 0 Å². The van der Waals surface area contributed by atoms with Gasteiger partial charge in [-0.1, -0.05) is 0 Å². The van der Waals surface area contributed by atoms with Crippen LogP contribution >= 0.6 is 24.2 Å². The second-order valence-corrected chi connectivity index (χ2v) is 6.70. The minimum absolute atomic E-state index is 0. The van der Waals surface area contributed by atoms with E-state index in [0.717, 1.165) is 24.3 Å². The highest BCUT2D eigenvalue weighted by atomic mass is 35.5. The molecule has 0 spiro atoms. The van der Waals surface area contributed by atoms with E-state index >= 15 is 0 Å². The highest BCUT2D eigenvalue weighted by Gasteiger charge is 2.44. The van der Waals surface area contributed by atoms with Gasteiger partial charge in [-0.3, -0.25) is 9.69 Å². The zero-order valence-corrected chi connectivity index (χ0v) is 14.0. The predicted octanol–water partition coefficient (Wildman–Crippen LogP) is 1.50. The molecule has 0 aromatic heterocycles. The molecule has 9 heteroatoms. The van der Waals surface area contributed by atoms with Gasteiger partial charge in [0.05, 0.1) is 0 Å². The number of thioether (sulfide) groups is 1. The van der Waals surface area contributed by atoms with Crippen molar-refractivity contribution < 1.29 is 18.0 Å². The molecule has 0 aromatic rings. The van der Waals surface area contributed by atoms with Crippen molar-refractivity contribution in [3.05, 3.63) is 0 Å². The molecular formula is C13H23ClF3N3OS. The van der Waals surface area contributed by atoms with Gasteiger partial charge in [-0.15, -0.1) is 12.4 Å². The second-order valence-electron chi connectivity index (χ2n) is 5.48. The molecule has 2 N–H and O–H groups in total. The number of halogens is 4. The van der Waals surface area contributed by atoms with E-state index in [1.807, 2.05) is 0 Å². The summed E-state index contributed by atoms with van der Waals surface area (Å²) in [6.45, 7) is 1.49. The number of hydrogen-bond donors (Lipinski definition) is 2. The summed E-state index contributed by atoms with van der Waals surface area (Å²) in [5.74, 6) is 1.49. The first-order chi connectivity index (χ1) is 9.98. The Morgan fingerprint density at radius 3 is 2.41 bits per heavy atom. The van der Waals surface area contributed by atoms with Crippen LogP contribution in [0.2, 0.25) is 0 Å². The number of nitrogens with one attached hydrogen (secondary N) is 2. The molecule has 130 valence electrons. The van der Waals surface area contributed by atoms with Crippen LogP contribution in [0.5, 0.6) is 0 Å². The first-order valence-corrected chi connectivity index (χ1v) is 8.51. The highest BCUT2D eigenvalue weighted by Crippen LogP contribution is 2.26. The molecule has 2 rings (SSSR count). The van der Waals surface area contributed by atoms with Crippen LogP contribution in [-0.2, 0) is 4.79 Å². The fourth-order valence-electron chi connectivity index (χ4n) is 2.75. The van der Waals surface area contributed by atoms with Crippen LogP contribution < -0.4 is 10.6 Å². The van der Waals surface area contributed by atoms with Gasteiger partial charge in [0.15, 0.2) is 0 Å². The first-order valence-electron chi connectivity index (χ1n) is 7.35. The van der Waals surface area contributed by atoms with Crippen LogP contribution in [0.1, 0.15) is 12.8 Å². The minimum Gasteiger partial charge on any atom is -0.354 e. The van der Waals surface area contributed by atoms with Crippen molar-refractivity contribution in [1.29, 1.82) is 0 Å². The van der Waals surface area contributed by atoms with Crippen LogP contribution in [0, 0.1) is 5.92 Å². The third-order valence-electron chi connectivity index (χ3n) is 4.03. The summed E-state index contributed by atoms with van der Waals surface area (Å²) in [7, 11) is 0. The number of carbonyl (C=O) groups is 1. The Bertz CT molecular complexity index is 348. The number of hydrogen-bond acceptors (Lipinski definition) is 4. The van der Waals surface area contributed by atoms with Crippen molar-refractivity contribution in [3.8, 4) is 0 Å². The Morgan fingerprint density at radius 2 is 1.86 bits per heavy atom. The molecule has 2 heterocycles. The Kier molecular flexibility index (Phi) is 8.31. The summed E-state index contributed by atoms with van der Waals surface area (Å²) in [5, 5.41) is 5.56. The molecule has 1 amide bonds. The summed E-state index contributed by atoms with van der Waals surface area (Å²) in [4.78, 5) is 13.4. The largest absolute Gasteiger partial charge is 0.405 e. The van der Waals surface area contributed by atoms with E-state index in [1.54, 1.807) is 11.8 Å². The maximum Gasteiger partial charge on any atom is 0.405 e. The molecule has 0 bridgehead atoms. The lowest BCUT2D eigenvalue weighted by atomic mass is 10.0. The Morgan fingerprint density at radius 1 is 1.27 bits per heavy atom. The molecular weight excluding hydrogens is 339 g/mol. The van der Waals surface area contributed by atoms with Gasteiger partial charge in [-0.25, -0.2) is 0 Å². The molecule has 2 saturated heterocycles. The van der Waals surface area contributed by atoms with E-state index in [-0.39, 0.29) is 30.8 Å². The average Bonchev–Trinajstić information content (AvgIpc) is 2.48. The van der Waals surface area contributed by atoms with Crippen LogP contribution in [-0.4, -0.2) is 67.3 Å².